The fraction of sp³-hybridized carbons (Fsp3) is 0.355. The lowest BCUT2D eigenvalue weighted by Gasteiger charge is -2.34. The number of hydrogen-bond acceptors (Lipinski definition) is 7. The molecule has 1 unspecified atom stereocenters. The maximum atomic E-state index is 13.7. The summed E-state index contributed by atoms with van der Waals surface area (Å²) < 4.78 is 25.5. The van der Waals surface area contributed by atoms with E-state index in [1.165, 1.54) is 11.9 Å². The highest BCUT2D eigenvalue weighted by atomic mass is 32.2. The molecule has 40 heavy (non-hydrogen) atoms. The number of fused-ring (bicyclic) bond motifs is 1. The zero-order chi connectivity index (χ0) is 28.5. The second-order valence-electron chi connectivity index (χ2n) is 10.6. The average molecular weight is 562 g/mol. The molecule has 0 bridgehead atoms. The Balaban J connectivity index is 0.00000387. The van der Waals surface area contributed by atoms with Crippen LogP contribution in [0.1, 0.15) is 21.7 Å². The van der Waals surface area contributed by atoms with Gasteiger partial charge >= 0.3 is 0 Å². The fourth-order valence-corrected chi connectivity index (χ4v) is 5.90. The summed E-state index contributed by atoms with van der Waals surface area (Å²) in [7, 11) is -1.16. The first-order valence-corrected chi connectivity index (χ1v) is 15.7. The second-order valence-corrected chi connectivity index (χ2v) is 12.6. The van der Waals surface area contributed by atoms with Crippen LogP contribution in [0.15, 0.2) is 81.4 Å². The van der Waals surface area contributed by atoms with E-state index < -0.39 is 15.5 Å². The van der Waals surface area contributed by atoms with Crippen molar-refractivity contribution < 1.29 is 9.84 Å². The normalized spacial score (nSPS) is 19.4. The van der Waals surface area contributed by atoms with Gasteiger partial charge in [-0.3, -0.25) is 9.36 Å². The van der Waals surface area contributed by atoms with Crippen molar-refractivity contribution in [2.75, 3.05) is 49.7 Å². The Hall–Kier alpha value is -3.69. The number of piperazine rings is 1. The number of hydrogen-bond donors (Lipinski definition) is 1. The van der Waals surface area contributed by atoms with E-state index in [2.05, 4.69) is 53.4 Å². The summed E-state index contributed by atoms with van der Waals surface area (Å²) in [5, 5.41) is 4.46. The molecule has 0 spiro atoms. The largest absolute Gasteiger partial charge is 0.369 e. The van der Waals surface area contributed by atoms with Crippen molar-refractivity contribution in [2.24, 2.45) is 4.99 Å². The number of rotatable bonds is 7. The Kier molecular flexibility index (Phi) is 7.70. The van der Waals surface area contributed by atoms with Crippen molar-refractivity contribution >= 4 is 27.3 Å². The van der Waals surface area contributed by atoms with E-state index in [1.807, 2.05) is 31.2 Å². The van der Waals surface area contributed by atoms with Crippen LogP contribution in [0.4, 0.5) is 11.4 Å². The zero-order valence-electron chi connectivity index (χ0n) is 23.6. The molecule has 2 aliphatic heterocycles. The van der Waals surface area contributed by atoms with E-state index in [0.717, 1.165) is 37.1 Å². The average Bonchev–Trinajstić information content (AvgIpc) is 3.12. The van der Waals surface area contributed by atoms with E-state index in [1.54, 1.807) is 28.8 Å². The van der Waals surface area contributed by atoms with Gasteiger partial charge in [0.2, 0.25) is 0 Å². The number of allylic oxidation sites excluding steroid dienone is 1. The summed E-state index contributed by atoms with van der Waals surface area (Å²) in [5.41, 5.74) is 3.10. The molecule has 0 radical (unpaired) electrons. The van der Waals surface area contributed by atoms with E-state index in [9.17, 15) is 13.2 Å². The van der Waals surface area contributed by atoms with E-state index in [0.29, 0.717) is 29.6 Å². The van der Waals surface area contributed by atoms with Gasteiger partial charge in [-0.25, -0.2) is 13.4 Å². The summed E-state index contributed by atoms with van der Waals surface area (Å²) in [6.45, 7) is 8.63. The molecule has 0 saturated carbocycles. The van der Waals surface area contributed by atoms with Gasteiger partial charge in [0.1, 0.15) is 5.49 Å². The molecule has 9 heteroatoms. The van der Waals surface area contributed by atoms with Gasteiger partial charge < -0.3 is 15.1 Å². The van der Waals surface area contributed by atoms with Gasteiger partial charge in [0.05, 0.1) is 4.90 Å². The number of sulfone groups is 1. The second kappa shape index (κ2) is 11.1. The molecule has 1 aromatic heterocycles. The van der Waals surface area contributed by atoms with Crippen LogP contribution in [0.25, 0.3) is 17.2 Å². The van der Waals surface area contributed by atoms with Gasteiger partial charge in [0.25, 0.3) is 5.56 Å². The van der Waals surface area contributed by atoms with E-state index in [4.69, 9.17) is 4.99 Å². The monoisotopic (exact) mass is 561 g/mol. The van der Waals surface area contributed by atoms with Gasteiger partial charge in [-0.1, -0.05) is 31.2 Å². The Morgan fingerprint density at radius 2 is 1.68 bits per heavy atom. The van der Waals surface area contributed by atoms with Crippen molar-refractivity contribution in [1.82, 2.24) is 9.47 Å². The topological polar surface area (TPSA) is 87.0 Å². The maximum Gasteiger partial charge on any atom is 0.260 e. The van der Waals surface area contributed by atoms with Gasteiger partial charge in [0, 0.05) is 62.6 Å². The molecule has 2 aromatic carbocycles. The lowest BCUT2D eigenvalue weighted by Crippen LogP contribution is -2.47. The summed E-state index contributed by atoms with van der Waals surface area (Å²) in [4.78, 5) is 23.8. The van der Waals surface area contributed by atoms with Crippen LogP contribution in [0.5, 0.6) is 0 Å². The summed E-state index contributed by atoms with van der Waals surface area (Å²) in [6.07, 6.45) is 7.88. The number of benzene rings is 2. The molecule has 0 amide bonds. The molecule has 8 nitrogen and oxygen atoms in total. The van der Waals surface area contributed by atoms with Gasteiger partial charge in [-0.2, -0.15) is 0 Å². The minimum atomic E-state index is -3.32. The molecular formula is C31H39N5O3S. The Labute approximate surface area is 237 Å². The van der Waals surface area contributed by atoms with Crippen molar-refractivity contribution in [1.29, 1.82) is 0 Å². The molecule has 3 aromatic rings. The minimum Gasteiger partial charge on any atom is -0.369 e. The molecule has 212 valence electrons. The first-order valence-electron chi connectivity index (χ1n) is 13.8. The molecule has 1 N–H and O–H groups in total. The van der Waals surface area contributed by atoms with E-state index >= 15 is 0 Å². The third kappa shape index (κ3) is 5.62. The fourth-order valence-electron chi connectivity index (χ4n) is 5.27. The predicted octanol–water partition coefficient (Wildman–Crippen LogP) is 3.12. The highest BCUT2D eigenvalue weighted by molar-refractivity contribution is 7.90. The van der Waals surface area contributed by atoms with Crippen molar-refractivity contribution in [3.05, 3.63) is 87.8 Å². The SMILES string of the molecule is CCn1c(=O)c(-c2ccc(S(C)(=O)=O)cc2)cc2c1=NC(CC)(Nc1ccc(N3CCN(C)CC3)cc1)C=CC=2.[HH]. The van der Waals surface area contributed by atoms with Crippen LogP contribution in [0, 0.1) is 0 Å². The minimum absolute atomic E-state index is 0. The van der Waals surface area contributed by atoms with Crippen molar-refractivity contribution in [3.8, 4) is 11.1 Å². The molecule has 1 saturated heterocycles. The van der Waals surface area contributed by atoms with Gasteiger partial charge in [-0.15, -0.1) is 0 Å². The third-order valence-corrected chi connectivity index (χ3v) is 8.92. The molecule has 2 aliphatic rings. The Morgan fingerprint density at radius 1 is 1.00 bits per heavy atom. The van der Waals surface area contributed by atoms with Crippen LogP contribution in [0.3, 0.4) is 0 Å². The molecule has 1 atom stereocenters. The Bertz CT molecular complexity index is 1710. The summed E-state index contributed by atoms with van der Waals surface area (Å²) in [6, 6.07) is 16.8. The molecule has 5 rings (SSSR count). The highest BCUT2D eigenvalue weighted by Crippen LogP contribution is 2.25. The highest BCUT2D eigenvalue weighted by Gasteiger charge is 2.26. The first kappa shape index (κ1) is 27.9. The Morgan fingerprint density at radius 3 is 2.27 bits per heavy atom. The molecule has 1 fully saturated rings. The lowest BCUT2D eigenvalue weighted by atomic mass is 10.1. The smallest absolute Gasteiger partial charge is 0.260 e. The van der Waals surface area contributed by atoms with Crippen molar-refractivity contribution in [3.63, 3.8) is 0 Å². The zero-order valence-corrected chi connectivity index (χ0v) is 24.4. The molecule has 3 heterocycles. The number of likely N-dealkylation sites (N-methyl/N-ethyl adjacent to an activating group) is 1. The van der Waals surface area contributed by atoms with Crippen LogP contribution < -0.4 is 26.5 Å². The summed E-state index contributed by atoms with van der Waals surface area (Å²) in [5.74, 6) is 0. The standard InChI is InChI=1S/C31H37N5O3S.H2/c1-5-31(32-25-11-13-26(14-12-25)35-20-18-34(3)19-21-35)17-7-8-24-22-28(30(37)36(6-2)29(24)33-31)23-9-15-27(16-10-23)40(4,38)39;/h7-17,22,32H,5-6,18-21H2,1-4H3;1H. The maximum absolute atomic E-state index is 13.7. The quantitative estimate of drug-likeness (QED) is 0.477. The van der Waals surface area contributed by atoms with Crippen molar-refractivity contribution in [2.45, 2.75) is 37.4 Å². The number of pyridine rings is 1. The first-order chi connectivity index (χ1) is 19.1. The molecule has 0 aliphatic carbocycles. The number of nitrogens with one attached hydrogen (secondary N) is 1. The van der Waals surface area contributed by atoms with Crippen LogP contribution >= 0.6 is 0 Å². The van der Waals surface area contributed by atoms with Crippen LogP contribution in [-0.4, -0.2) is 63.0 Å². The third-order valence-electron chi connectivity index (χ3n) is 7.79. The number of nitrogens with zero attached hydrogens (tertiary/aromatic N) is 4. The van der Waals surface area contributed by atoms with Crippen LogP contribution in [-0.2, 0) is 16.4 Å². The van der Waals surface area contributed by atoms with Gasteiger partial charge in [0.15, 0.2) is 15.5 Å². The summed E-state index contributed by atoms with van der Waals surface area (Å²) >= 11 is 0. The predicted molar refractivity (Wildman–Crippen MR) is 164 cm³/mol. The van der Waals surface area contributed by atoms with Gasteiger partial charge in [-0.05, 0) is 74.5 Å². The number of anilines is 2. The van der Waals surface area contributed by atoms with Crippen LogP contribution in [0.2, 0.25) is 0 Å². The number of aromatic nitrogens is 1. The molecular weight excluding hydrogens is 522 g/mol. The lowest BCUT2D eigenvalue weighted by molar-refractivity contribution is 0.313. The van der Waals surface area contributed by atoms with E-state index in [-0.39, 0.29) is 11.9 Å².